The molecule has 2 rings (SSSR count). The standard InChI is InChI=1S/C14H14F3N5OS/c1-24-12-6-10(21-13(18)22-12)20-11(23)7-19-9-4-2-3-8(5-9)14(15,16)17/h2-6,19H,7H2,1H3,(H3,18,20,21,22,23). The first-order chi connectivity index (χ1) is 11.3. The van der Waals surface area contributed by atoms with Gasteiger partial charge >= 0.3 is 6.18 Å². The summed E-state index contributed by atoms with van der Waals surface area (Å²) in [5.41, 5.74) is 4.92. The predicted molar refractivity (Wildman–Crippen MR) is 86.8 cm³/mol. The fraction of sp³-hybridized carbons (Fsp3) is 0.214. The van der Waals surface area contributed by atoms with Gasteiger partial charge in [-0.05, 0) is 24.5 Å². The number of hydrogen-bond donors (Lipinski definition) is 3. The molecule has 0 saturated heterocycles. The fourth-order valence-electron chi connectivity index (χ4n) is 1.79. The maximum absolute atomic E-state index is 12.6. The van der Waals surface area contributed by atoms with Crippen molar-refractivity contribution in [1.29, 1.82) is 0 Å². The smallest absolute Gasteiger partial charge is 0.376 e. The topological polar surface area (TPSA) is 92.9 Å². The van der Waals surface area contributed by atoms with E-state index < -0.39 is 17.6 Å². The van der Waals surface area contributed by atoms with E-state index in [0.717, 1.165) is 12.1 Å². The molecule has 1 aromatic carbocycles. The van der Waals surface area contributed by atoms with Crippen LogP contribution in [0.25, 0.3) is 0 Å². The van der Waals surface area contributed by atoms with Gasteiger partial charge < -0.3 is 16.4 Å². The molecule has 1 aromatic heterocycles. The highest BCUT2D eigenvalue weighted by molar-refractivity contribution is 7.98. The third-order valence-electron chi connectivity index (χ3n) is 2.84. The molecule has 0 fully saturated rings. The molecule has 0 aliphatic heterocycles. The Morgan fingerprint density at radius 2 is 2.04 bits per heavy atom. The first kappa shape index (κ1) is 17.9. The van der Waals surface area contributed by atoms with Gasteiger partial charge in [-0.2, -0.15) is 18.2 Å². The number of nitrogens with one attached hydrogen (secondary N) is 2. The number of amides is 1. The van der Waals surface area contributed by atoms with Crippen molar-refractivity contribution in [1.82, 2.24) is 9.97 Å². The fourth-order valence-corrected chi connectivity index (χ4v) is 2.20. The third kappa shape index (κ3) is 5.01. The minimum atomic E-state index is -4.44. The zero-order valence-corrected chi connectivity index (χ0v) is 13.3. The Kier molecular flexibility index (Phi) is 5.50. The van der Waals surface area contributed by atoms with Crippen LogP contribution in [0.15, 0.2) is 35.4 Å². The molecule has 24 heavy (non-hydrogen) atoms. The number of nitrogens with zero attached hydrogens (tertiary/aromatic N) is 2. The van der Waals surface area contributed by atoms with Crippen LogP contribution in [0.1, 0.15) is 5.56 Å². The van der Waals surface area contributed by atoms with E-state index in [1.807, 2.05) is 0 Å². The Bertz CT molecular complexity index is 739. The molecule has 1 amide bonds. The molecule has 2 aromatic rings. The van der Waals surface area contributed by atoms with E-state index >= 15 is 0 Å². The van der Waals surface area contributed by atoms with Crippen molar-refractivity contribution in [3.63, 3.8) is 0 Å². The molecule has 1 heterocycles. The van der Waals surface area contributed by atoms with Crippen LogP contribution in [0.3, 0.4) is 0 Å². The number of benzene rings is 1. The summed E-state index contributed by atoms with van der Waals surface area (Å²) in [6.45, 7) is -0.222. The van der Waals surface area contributed by atoms with E-state index in [2.05, 4.69) is 20.6 Å². The van der Waals surface area contributed by atoms with E-state index in [9.17, 15) is 18.0 Å². The van der Waals surface area contributed by atoms with Gasteiger partial charge in [-0.3, -0.25) is 4.79 Å². The van der Waals surface area contributed by atoms with Crippen molar-refractivity contribution in [2.24, 2.45) is 0 Å². The van der Waals surface area contributed by atoms with E-state index in [0.29, 0.717) is 5.03 Å². The van der Waals surface area contributed by atoms with Crippen LogP contribution >= 0.6 is 11.8 Å². The number of carbonyl (C=O) groups is 1. The lowest BCUT2D eigenvalue weighted by Gasteiger charge is -2.11. The molecule has 128 valence electrons. The van der Waals surface area contributed by atoms with E-state index in [1.165, 1.54) is 23.9 Å². The molecule has 0 atom stereocenters. The van der Waals surface area contributed by atoms with Gasteiger partial charge in [-0.15, -0.1) is 11.8 Å². The molecular weight excluding hydrogens is 343 g/mol. The summed E-state index contributed by atoms with van der Waals surface area (Å²) < 4.78 is 37.9. The molecule has 0 unspecified atom stereocenters. The number of aromatic nitrogens is 2. The summed E-state index contributed by atoms with van der Waals surface area (Å²) in [5, 5.41) is 5.72. The number of thioether (sulfide) groups is 1. The molecule has 0 spiro atoms. The summed E-state index contributed by atoms with van der Waals surface area (Å²) in [4.78, 5) is 19.7. The van der Waals surface area contributed by atoms with Gasteiger partial charge in [0.15, 0.2) is 0 Å². The Hall–Kier alpha value is -2.49. The first-order valence-corrected chi connectivity index (χ1v) is 7.90. The van der Waals surface area contributed by atoms with Crippen molar-refractivity contribution in [3.05, 3.63) is 35.9 Å². The second-order valence-electron chi connectivity index (χ2n) is 4.63. The quantitative estimate of drug-likeness (QED) is 0.563. The number of carbonyl (C=O) groups excluding carboxylic acids is 1. The lowest BCUT2D eigenvalue weighted by molar-refractivity contribution is -0.137. The van der Waals surface area contributed by atoms with Crippen LogP contribution in [0, 0.1) is 0 Å². The van der Waals surface area contributed by atoms with Gasteiger partial charge in [0.05, 0.1) is 12.1 Å². The zero-order valence-electron chi connectivity index (χ0n) is 12.5. The normalized spacial score (nSPS) is 11.2. The van der Waals surface area contributed by atoms with Crippen LogP contribution in [0.4, 0.5) is 30.6 Å². The molecule has 0 aliphatic rings. The van der Waals surface area contributed by atoms with Gasteiger partial charge in [0.25, 0.3) is 0 Å². The number of nitrogen functional groups attached to an aromatic ring is 1. The molecule has 6 nitrogen and oxygen atoms in total. The molecule has 0 radical (unpaired) electrons. The summed E-state index contributed by atoms with van der Waals surface area (Å²) in [6.07, 6.45) is -2.64. The summed E-state index contributed by atoms with van der Waals surface area (Å²) in [5.74, 6) is -0.233. The molecular formula is C14H14F3N5OS. The van der Waals surface area contributed by atoms with Crippen LogP contribution in [0.5, 0.6) is 0 Å². The van der Waals surface area contributed by atoms with Gasteiger partial charge in [0, 0.05) is 11.8 Å². The van der Waals surface area contributed by atoms with Gasteiger partial charge in [-0.1, -0.05) is 6.07 Å². The highest BCUT2D eigenvalue weighted by Crippen LogP contribution is 2.30. The molecule has 4 N–H and O–H groups in total. The number of halogens is 3. The maximum Gasteiger partial charge on any atom is 0.416 e. The van der Waals surface area contributed by atoms with Crippen LogP contribution in [-0.2, 0) is 11.0 Å². The van der Waals surface area contributed by atoms with Crippen molar-refractivity contribution < 1.29 is 18.0 Å². The predicted octanol–water partition coefficient (Wildman–Crippen LogP) is 2.85. The highest BCUT2D eigenvalue weighted by atomic mass is 32.2. The largest absolute Gasteiger partial charge is 0.416 e. The maximum atomic E-state index is 12.6. The van der Waals surface area contributed by atoms with Crippen LogP contribution in [-0.4, -0.2) is 28.7 Å². The monoisotopic (exact) mass is 357 g/mol. The summed E-state index contributed by atoms with van der Waals surface area (Å²) in [6, 6.07) is 6.14. The van der Waals surface area contributed by atoms with Crippen LogP contribution in [0.2, 0.25) is 0 Å². The zero-order chi connectivity index (χ0) is 17.7. The number of alkyl halides is 3. The van der Waals surface area contributed by atoms with Crippen molar-refractivity contribution >= 4 is 35.1 Å². The molecule has 0 saturated carbocycles. The Morgan fingerprint density at radius 1 is 1.29 bits per heavy atom. The summed E-state index contributed by atoms with van der Waals surface area (Å²) in [7, 11) is 0. The van der Waals surface area contributed by atoms with Crippen molar-refractivity contribution in [2.45, 2.75) is 11.2 Å². The van der Waals surface area contributed by atoms with Crippen LogP contribution < -0.4 is 16.4 Å². The van der Waals surface area contributed by atoms with Crippen molar-refractivity contribution in [3.8, 4) is 0 Å². The van der Waals surface area contributed by atoms with Gasteiger partial charge in [0.2, 0.25) is 11.9 Å². The molecule has 0 aliphatic carbocycles. The number of anilines is 3. The number of nitrogens with two attached hydrogens (primary N) is 1. The SMILES string of the molecule is CSc1cc(NC(=O)CNc2cccc(C(F)(F)F)c2)nc(N)n1. The summed E-state index contributed by atoms with van der Waals surface area (Å²) >= 11 is 1.33. The van der Waals surface area contributed by atoms with Gasteiger partial charge in [0.1, 0.15) is 10.8 Å². The Morgan fingerprint density at radius 3 is 2.71 bits per heavy atom. The minimum Gasteiger partial charge on any atom is -0.376 e. The number of hydrogen-bond acceptors (Lipinski definition) is 6. The average Bonchev–Trinajstić information content (AvgIpc) is 2.52. The Balaban J connectivity index is 1.98. The van der Waals surface area contributed by atoms with Crippen molar-refractivity contribution in [2.75, 3.05) is 29.2 Å². The highest BCUT2D eigenvalue weighted by Gasteiger charge is 2.30. The average molecular weight is 357 g/mol. The Labute approximate surface area is 140 Å². The minimum absolute atomic E-state index is 0.0167. The molecule has 0 bridgehead atoms. The lowest BCUT2D eigenvalue weighted by atomic mass is 10.2. The van der Waals surface area contributed by atoms with Gasteiger partial charge in [-0.25, -0.2) is 4.98 Å². The number of rotatable bonds is 5. The van der Waals surface area contributed by atoms with E-state index in [4.69, 9.17) is 5.73 Å². The second-order valence-corrected chi connectivity index (χ2v) is 5.46. The third-order valence-corrected chi connectivity index (χ3v) is 3.47. The lowest BCUT2D eigenvalue weighted by Crippen LogP contribution is -2.22. The second kappa shape index (κ2) is 7.39. The van der Waals surface area contributed by atoms with E-state index in [-0.39, 0.29) is 24.0 Å². The first-order valence-electron chi connectivity index (χ1n) is 6.67. The van der Waals surface area contributed by atoms with E-state index in [1.54, 1.807) is 12.3 Å². The molecule has 10 heteroatoms.